The Morgan fingerprint density at radius 3 is 2.86 bits per heavy atom. The quantitative estimate of drug-likeness (QED) is 0.803. The molecule has 1 amide bonds. The SMILES string of the molecule is C=CCC(NC(=O)c1cnn2c(C)cc(C)nc12)C(=O)O. The Morgan fingerprint density at radius 2 is 2.24 bits per heavy atom. The van der Waals surface area contributed by atoms with Gasteiger partial charge in [-0.05, 0) is 26.3 Å². The molecule has 0 saturated carbocycles. The predicted molar refractivity (Wildman–Crippen MR) is 76.2 cm³/mol. The molecule has 2 heterocycles. The van der Waals surface area contributed by atoms with Gasteiger partial charge >= 0.3 is 5.97 Å². The number of carboxylic acid groups (broad SMARTS) is 1. The fourth-order valence-electron chi connectivity index (χ4n) is 2.05. The lowest BCUT2D eigenvalue weighted by Crippen LogP contribution is -2.40. The Labute approximate surface area is 121 Å². The van der Waals surface area contributed by atoms with Crippen molar-refractivity contribution in [2.75, 3.05) is 0 Å². The molecule has 0 radical (unpaired) electrons. The van der Waals surface area contributed by atoms with Crippen LogP contribution in [0.3, 0.4) is 0 Å². The highest BCUT2D eigenvalue weighted by Crippen LogP contribution is 2.12. The molecule has 0 aromatic carbocycles. The first-order valence-electron chi connectivity index (χ1n) is 6.40. The van der Waals surface area contributed by atoms with Gasteiger partial charge in [0.2, 0.25) is 0 Å². The van der Waals surface area contributed by atoms with Crippen molar-refractivity contribution in [3.63, 3.8) is 0 Å². The van der Waals surface area contributed by atoms with Crippen LogP contribution >= 0.6 is 0 Å². The van der Waals surface area contributed by atoms with Gasteiger partial charge in [-0.3, -0.25) is 4.79 Å². The first kappa shape index (κ1) is 14.7. The largest absolute Gasteiger partial charge is 0.480 e. The molecule has 0 bridgehead atoms. The van der Waals surface area contributed by atoms with Crippen LogP contribution in [0.15, 0.2) is 24.9 Å². The zero-order valence-electron chi connectivity index (χ0n) is 11.8. The lowest BCUT2D eigenvalue weighted by atomic mass is 10.2. The molecular weight excluding hydrogens is 272 g/mol. The van der Waals surface area contributed by atoms with Crippen molar-refractivity contribution < 1.29 is 14.7 Å². The molecule has 0 fully saturated rings. The van der Waals surface area contributed by atoms with Crippen LogP contribution in [0.25, 0.3) is 5.65 Å². The van der Waals surface area contributed by atoms with Gasteiger partial charge in [-0.15, -0.1) is 6.58 Å². The average Bonchev–Trinajstić information content (AvgIpc) is 2.81. The zero-order chi connectivity index (χ0) is 15.6. The summed E-state index contributed by atoms with van der Waals surface area (Å²) >= 11 is 0. The van der Waals surface area contributed by atoms with Gasteiger partial charge in [-0.1, -0.05) is 6.08 Å². The van der Waals surface area contributed by atoms with E-state index in [0.29, 0.717) is 5.65 Å². The third-order valence-electron chi connectivity index (χ3n) is 3.03. The molecule has 7 heteroatoms. The molecule has 0 spiro atoms. The zero-order valence-corrected chi connectivity index (χ0v) is 11.8. The molecule has 0 aliphatic carbocycles. The standard InChI is InChI=1S/C14H16N4O3/c1-4-5-11(14(20)21)17-13(19)10-7-15-18-9(3)6-8(2)16-12(10)18/h4,6-7,11H,1,5H2,2-3H3,(H,17,19)(H,20,21). The number of aromatic nitrogens is 3. The van der Waals surface area contributed by atoms with Gasteiger partial charge in [0.1, 0.15) is 11.6 Å². The van der Waals surface area contributed by atoms with Gasteiger partial charge in [-0.2, -0.15) is 5.10 Å². The summed E-state index contributed by atoms with van der Waals surface area (Å²) in [6.07, 6.45) is 2.98. The van der Waals surface area contributed by atoms with Crippen LogP contribution in [-0.2, 0) is 4.79 Å². The Hall–Kier alpha value is -2.70. The number of carbonyl (C=O) groups is 2. The molecular formula is C14H16N4O3. The van der Waals surface area contributed by atoms with Crippen molar-refractivity contribution in [3.05, 3.63) is 41.9 Å². The van der Waals surface area contributed by atoms with Crippen LogP contribution in [0.5, 0.6) is 0 Å². The van der Waals surface area contributed by atoms with E-state index < -0.39 is 17.9 Å². The van der Waals surface area contributed by atoms with Crippen molar-refractivity contribution >= 4 is 17.5 Å². The van der Waals surface area contributed by atoms with E-state index in [4.69, 9.17) is 5.11 Å². The summed E-state index contributed by atoms with van der Waals surface area (Å²) in [5.74, 6) is -1.63. The molecule has 1 atom stereocenters. The van der Waals surface area contributed by atoms with E-state index >= 15 is 0 Å². The number of carbonyl (C=O) groups excluding carboxylic acids is 1. The number of carboxylic acids is 1. The number of fused-ring (bicyclic) bond motifs is 1. The minimum atomic E-state index is -1.11. The Morgan fingerprint density at radius 1 is 1.52 bits per heavy atom. The number of aryl methyl sites for hydroxylation is 2. The summed E-state index contributed by atoms with van der Waals surface area (Å²) in [4.78, 5) is 27.6. The number of nitrogens with zero attached hydrogens (tertiary/aromatic N) is 3. The first-order chi connectivity index (χ1) is 9.93. The van der Waals surface area contributed by atoms with E-state index in [1.54, 1.807) is 4.52 Å². The van der Waals surface area contributed by atoms with Crippen LogP contribution in [0.4, 0.5) is 0 Å². The summed E-state index contributed by atoms with van der Waals surface area (Å²) < 4.78 is 1.55. The fourth-order valence-corrected chi connectivity index (χ4v) is 2.05. The predicted octanol–water partition coefficient (Wildman–Crippen LogP) is 1.11. The van der Waals surface area contributed by atoms with E-state index in [1.807, 2.05) is 19.9 Å². The lowest BCUT2D eigenvalue weighted by molar-refractivity contribution is -0.139. The average molecular weight is 288 g/mol. The monoisotopic (exact) mass is 288 g/mol. The molecule has 2 N–H and O–H groups in total. The summed E-state index contributed by atoms with van der Waals surface area (Å²) in [6.45, 7) is 7.16. The Bertz CT molecular complexity index is 720. The van der Waals surface area contributed by atoms with Crippen LogP contribution < -0.4 is 5.32 Å². The van der Waals surface area contributed by atoms with Crippen LogP contribution in [0, 0.1) is 13.8 Å². The summed E-state index contributed by atoms with van der Waals surface area (Å²) in [6, 6.07) is 0.829. The summed E-state index contributed by atoms with van der Waals surface area (Å²) in [7, 11) is 0. The maximum Gasteiger partial charge on any atom is 0.326 e. The first-order valence-corrected chi connectivity index (χ1v) is 6.40. The maximum atomic E-state index is 12.2. The number of hydrogen-bond acceptors (Lipinski definition) is 4. The lowest BCUT2D eigenvalue weighted by Gasteiger charge is -2.11. The molecule has 0 aliphatic rings. The molecule has 21 heavy (non-hydrogen) atoms. The third kappa shape index (κ3) is 2.91. The molecule has 1 unspecified atom stereocenters. The second kappa shape index (κ2) is 5.74. The van der Waals surface area contributed by atoms with Gasteiger partial charge in [0.15, 0.2) is 5.65 Å². The minimum absolute atomic E-state index is 0.145. The highest BCUT2D eigenvalue weighted by Gasteiger charge is 2.22. The Kier molecular flexibility index (Phi) is 4.02. The smallest absolute Gasteiger partial charge is 0.326 e. The number of aliphatic carboxylic acids is 1. The van der Waals surface area contributed by atoms with Crippen molar-refractivity contribution in [1.82, 2.24) is 19.9 Å². The van der Waals surface area contributed by atoms with E-state index in [2.05, 4.69) is 22.0 Å². The van der Waals surface area contributed by atoms with E-state index in [0.717, 1.165) is 11.4 Å². The van der Waals surface area contributed by atoms with Gasteiger partial charge in [0.05, 0.1) is 6.20 Å². The highest BCUT2D eigenvalue weighted by molar-refractivity contribution is 6.01. The minimum Gasteiger partial charge on any atom is -0.480 e. The second-order valence-corrected chi connectivity index (χ2v) is 4.72. The molecule has 0 saturated heterocycles. The van der Waals surface area contributed by atoms with Crippen LogP contribution in [-0.4, -0.2) is 37.6 Å². The Balaban J connectivity index is 2.35. The maximum absolute atomic E-state index is 12.2. The van der Waals surface area contributed by atoms with E-state index in [9.17, 15) is 9.59 Å². The summed E-state index contributed by atoms with van der Waals surface area (Å²) in [5.41, 5.74) is 2.26. The number of amides is 1. The van der Waals surface area contributed by atoms with Gasteiger partial charge < -0.3 is 10.4 Å². The second-order valence-electron chi connectivity index (χ2n) is 4.72. The van der Waals surface area contributed by atoms with Gasteiger partial charge in [0, 0.05) is 11.4 Å². The topological polar surface area (TPSA) is 96.6 Å². The number of rotatable bonds is 5. The van der Waals surface area contributed by atoms with Crippen molar-refractivity contribution in [2.45, 2.75) is 26.3 Å². The molecule has 110 valence electrons. The van der Waals surface area contributed by atoms with E-state index in [-0.39, 0.29) is 12.0 Å². The van der Waals surface area contributed by atoms with E-state index in [1.165, 1.54) is 12.3 Å². The highest BCUT2D eigenvalue weighted by atomic mass is 16.4. The van der Waals surface area contributed by atoms with Crippen molar-refractivity contribution in [1.29, 1.82) is 0 Å². The van der Waals surface area contributed by atoms with Crippen LogP contribution in [0.2, 0.25) is 0 Å². The van der Waals surface area contributed by atoms with Crippen LogP contribution in [0.1, 0.15) is 28.2 Å². The van der Waals surface area contributed by atoms with Gasteiger partial charge in [0.25, 0.3) is 5.91 Å². The molecule has 2 aromatic heterocycles. The summed E-state index contributed by atoms with van der Waals surface area (Å²) in [5, 5.41) is 15.6. The third-order valence-corrected chi connectivity index (χ3v) is 3.03. The van der Waals surface area contributed by atoms with Gasteiger partial charge in [-0.25, -0.2) is 14.3 Å². The molecule has 0 aliphatic heterocycles. The fraction of sp³-hybridized carbons (Fsp3) is 0.286. The molecule has 2 rings (SSSR count). The molecule has 2 aromatic rings. The molecule has 7 nitrogen and oxygen atoms in total. The number of nitrogens with one attached hydrogen (secondary N) is 1. The normalized spacial score (nSPS) is 12.1. The van der Waals surface area contributed by atoms with Crippen molar-refractivity contribution in [2.24, 2.45) is 0 Å². The van der Waals surface area contributed by atoms with Crippen molar-refractivity contribution in [3.8, 4) is 0 Å². The number of hydrogen-bond donors (Lipinski definition) is 2.